The normalized spacial score (nSPS) is 10.6. The van der Waals surface area contributed by atoms with Gasteiger partial charge in [0.1, 0.15) is 11.5 Å². The van der Waals surface area contributed by atoms with E-state index in [2.05, 4.69) is 10.6 Å². The van der Waals surface area contributed by atoms with E-state index in [0.717, 1.165) is 27.6 Å². The molecule has 0 saturated heterocycles. The molecule has 7 nitrogen and oxygen atoms in total. The van der Waals surface area contributed by atoms with Gasteiger partial charge in [-0.3, -0.25) is 14.4 Å². The Morgan fingerprint density at radius 2 is 1.45 bits per heavy atom. The molecule has 0 heterocycles. The van der Waals surface area contributed by atoms with Gasteiger partial charge in [-0.05, 0) is 79.1 Å². The molecule has 38 heavy (non-hydrogen) atoms. The van der Waals surface area contributed by atoms with Gasteiger partial charge in [0.15, 0.2) is 6.61 Å². The topological polar surface area (TPSA) is 93.7 Å². The number of carbonyl (C=O) groups excluding carboxylic acids is 3. The number of fused-ring (bicyclic) bond motifs is 1. The van der Waals surface area contributed by atoms with E-state index in [0.29, 0.717) is 23.5 Å². The van der Waals surface area contributed by atoms with E-state index in [9.17, 15) is 14.4 Å². The first-order valence-electron chi connectivity index (χ1n) is 12.4. The lowest BCUT2D eigenvalue weighted by Gasteiger charge is -2.10. The Balaban J connectivity index is 1.15. The molecule has 0 fully saturated rings. The zero-order chi connectivity index (χ0) is 26.9. The standard InChI is InChI=1S/C31H30N2O5/c1-21-10-17-28(22(2)18-21)33-30(35)20-37-31(36)9-5-8-29(34)32-25-12-15-26(16-13-25)38-27-14-11-23-6-3-4-7-24(23)19-27/h3-4,6-7,10-19H,5,8-9,20H2,1-2H3,(H,32,34)(H,33,35). The first-order valence-corrected chi connectivity index (χ1v) is 12.4. The maximum absolute atomic E-state index is 12.3. The lowest BCUT2D eigenvalue weighted by Crippen LogP contribution is -2.21. The summed E-state index contributed by atoms with van der Waals surface area (Å²) in [6, 6.07) is 26.7. The van der Waals surface area contributed by atoms with Crippen LogP contribution in [0.4, 0.5) is 11.4 Å². The van der Waals surface area contributed by atoms with Gasteiger partial charge in [0.05, 0.1) is 0 Å². The van der Waals surface area contributed by atoms with E-state index in [1.807, 2.05) is 74.5 Å². The van der Waals surface area contributed by atoms with Crippen molar-refractivity contribution in [2.45, 2.75) is 33.1 Å². The number of rotatable bonds is 10. The van der Waals surface area contributed by atoms with Crippen LogP contribution in [-0.2, 0) is 19.1 Å². The van der Waals surface area contributed by atoms with Crippen molar-refractivity contribution >= 4 is 39.9 Å². The summed E-state index contributed by atoms with van der Waals surface area (Å²) < 4.78 is 11.0. The van der Waals surface area contributed by atoms with E-state index in [4.69, 9.17) is 9.47 Å². The Kier molecular flexibility index (Phi) is 8.72. The highest BCUT2D eigenvalue weighted by Gasteiger charge is 2.11. The lowest BCUT2D eigenvalue weighted by molar-refractivity contribution is -0.147. The minimum absolute atomic E-state index is 0.0444. The molecule has 4 aromatic carbocycles. The van der Waals surface area contributed by atoms with Crippen LogP contribution >= 0.6 is 0 Å². The summed E-state index contributed by atoms with van der Waals surface area (Å²) in [5.74, 6) is 0.242. The zero-order valence-electron chi connectivity index (χ0n) is 21.5. The number of esters is 1. The third kappa shape index (κ3) is 7.67. The van der Waals surface area contributed by atoms with Crippen molar-refractivity contribution in [3.05, 3.63) is 96.1 Å². The van der Waals surface area contributed by atoms with Crippen molar-refractivity contribution in [1.82, 2.24) is 0 Å². The molecule has 0 atom stereocenters. The fraction of sp³-hybridized carbons (Fsp3) is 0.194. The molecule has 0 radical (unpaired) electrons. The number of benzene rings is 4. The number of nitrogens with one attached hydrogen (secondary N) is 2. The predicted octanol–water partition coefficient (Wildman–Crippen LogP) is 6.54. The van der Waals surface area contributed by atoms with Crippen LogP contribution in [-0.4, -0.2) is 24.4 Å². The summed E-state index contributed by atoms with van der Waals surface area (Å²) in [5.41, 5.74) is 3.34. The number of aryl methyl sites for hydroxylation is 2. The van der Waals surface area contributed by atoms with Crippen molar-refractivity contribution in [3.63, 3.8) is 0 Å². The van der Waals surface area contributed by atoms with E-state index in [1.54, 1.807) is 24.3 Å². The van der Waals surface area contributed by atoms with Crippen LogP contribution < -0.4 is 15.4 Å². The maximum atomic E-state index is 12.3. The first-order chi connectivity index (χ1) is 18.4. The van der Waals surface area contributed by atoms with Crippen molar-refractivity contribution in [3.8, 4) is 11.5 Å². The zero-order valence-corrected chi connectivity index (χ0v) is 21.5. The van der Waals surface area contributed by atoms with Gasteiger partial charge in [-0.25, -0.2) is 0 Å². The molecular formula is C31H30N2O5. The molecule has 0 unspecified atom stereocenters. The van der Waals surface area contributed by atoms with Crippen LogP contribution in [0, 0.1) is 13.8 Å². The second kappa shape index (κ2) is 12.5. The Bertz CT molecular complexity index is 1450. The fourth-order valence-corrected chi connectivity index (χ4v) is 3.95. The second-order valence-electron chi connectivity index (χ2n) is 9.06. The van der Waals surface area contributed by atoms with Gasteiger partial charge < -0.3 is 20.1 Å². The summed E-state index contributed by atoms with van der Waals surface area (Å²) in [6.07, 6.45) is 0.508. The minimum Gasteiger partial charge on any atom is -0.457 e. The summed E-state index contributed by atoms with van der Waals surface area (Å²) in [7, 11) is 0. The largest absolute Gasteiger partial charge is 0.457 e. The Morgan fingerprint density at radius 3 is 2.21 bits per heavy atom. The molecule has 0 spiro atoms. The summed E-state index contributed by atoms with van der Waals surface area (Å²) in [5, 5.41) is 7.78. The molecule has 0 aromatic heterocycles. The molecule has 0 aliphatic carbocycles. The molecule has 4 rings (SSSR count). The number of hydrogen-bond donors (Lipinski definition) is 2. The van der Waals surface area contributed by atoms with Gasteiger partial charge in [-0.2, -0.15) is 0 Å². The molecule has 0 aliphatic heterocycles. The van der Waals surface area contributed by atoms with Crippen LogP contribution in [0.2, 0.25) is 0 Å². The Labute approximate surface area is 221 Å². The minimum atomic E-state index is -0.524. The molecular weight excluding hydrogens is 480 g/mol. The highest BCUT2D eigenvalue weighted by molar-refractivity contribution is 5.93. The van der Waals surface area contributed by atoms with Crippen LogP contribution in [0.3, 0.4) is 0 Å². The van der Waals surface area contributed by atoms with Crippen molar-refractivity contribution in [2.24, 2.45) is 0 Å². The number of anilines is 2. The number of carbonyl (C=O) groups is 3. The van der Waals surface area contributed by atoms with E-state index in [1.165, 1.54) is 0 Å². The average Bonchev–Trinajstić information content (AvgIpc) is 2.90. The third-order valence-electron chi connectivity index (χ3n) is 5.90. The molecule has 194 valence electrons. The van der Waals surface area contributed by atoms with E-state index in [-0.39, 0.29) is 25.4 Å². The smallest absolute Gasteiger partial charge is 0.306 e. The number of ether oxygens (including phenoxy) is 2. The molecule has 0 saturated carbocycles. The number of hydrogen-bond acceptors (Lipinski definition) is 5. The number of amides is 2. The van der Waals surface area contributed by atoms with Gasteiger partial charge in [-0.1, -0.05) is 48.0 Å². The van der Waals surface area contributed by atoms with Gasteiger partial charge in [0.2, 0.25) is 5.91 Å². The Hall–Kier alpha value is -4.65. The quantitative estimate of drug-likeness (QED) is 0.236. The van der Waals surface area contributed by atoms with Gasteiger partial charge in [0.25, 0.3) is 5.91 Å². The Morgan fingerprint density at radius 1 is 0.711 bits per heavy atom. The highest BCUT2D eigenvalue weighted by atomic mass is 16.5. The fourth-order valence-electron chi connectivity index (χ4n) is 3.95. The summed E-state index contributed by atoms with van der Waals surface area (Å²) in [4.78, 5) is 36.3. The monoisotopic (exact) mass is 510 g/mol. The predicted molar refractivity (Wildman–Crippen MR) is 148 cm³/mol. The van der Waals surface area contributed by atoms with Gasteiger partial charge in [-0.15, -0.1) is 0 Å². The van der Waals surface area contributed by atoms with Crippen molar-refractivity contribution < 1.29 is 23.9 Å². The summed E-state index contributed by atoms with van der Waals surface area (Å²) >= 11 is 0. The van der Waals surface area contributed by atoms with Crippen LogP contribution in [0.5, 0.6) is 11.5 Å². The maximum Gasteiger partial charge on any atom is 0.306 e. The molecule has 7 heteroatoms. The van der Waals surface area contributed by atoms with E-state index >= 15 is 0 Å². The van der Waals surface area contributed by atoms with Crippen LogP contribution in [0.25, 0.3) is 10.8 Å². The van der Waals surface area contributed by atoms with Crippen LogP contribution in [0.1, 0.15) is 30.4 Å². The average molecular weight is 511 g/mol. The first kappa shape index (κ1) is 26.4. The van der Waals surface area contributed by atoms with Crippen molar-refractivity contribution in [2.75, 3.05) is 17.2 Å². The lowest BCUT2D eigenvalue weighted by atomic mass is 10.1. The third-order valence-corrected chi connectivity index (χ3v) is 5.90. The SMILES string of the molecule is Cc1ccc(NC(=O)COC(=O)CCCC(=O)Nc2ccc(Oc3ccc4ccccc4c3)cc2)c(C)c1. The summed E-state index contributed by atoms with van der Waals surface area (Å²) in [6.45, 7) is 3.50. The molecule has 2 N–H and O–H groups in total. The second-order valence-corrected chi connectivity index (χ2v) is 9.06. The van der Waals surface area contributed by atoms with Crippen molar-refractivity contribution in [1.29, 1.82) is 0 Å². The molecule has 0 bridgehead atoms. The van der Waals surface area contributed by atoms with E-state index < -0.39 is 11.9 Å². The molecule has 0 aliphatic rings. The highest BCUT2D eigenvalue weighted by Crippen LogP contribution is 2.26. The van der Waals surface area contributed by atoms with Gasteiger partial charge >= 0.3 is 5.97 Å². The van der Waals surface area contributed by atoms with Crippen LogP contribution in [0.15, 0.2) is 84.9 Å². The molecule has 2 amide bonds. The molecule has 4 aromatic rings. The van der Waals surface area contributed by atoms with Gasteiger partial charge in [0, 0.05) is 24.2 Å².